The van der Waals surface area contributed by atoms with Gasteiger partial charge >= 0.3 is 0 Å². The molecule has 0 bridgehead atoms. The zero-order chi connectivity index (χ0) is 17.8. The first-order chi connectivity index (χ1) is 12.8. The van der Waals surface area contributed by atoms with Gasteiger partial charge in [-0.1, -0.05) is 30.3 Å². The molecule has 1 amide bonds. The summed E-state index contributed by atoms with van der Waals surface area (Å²) < 4.78 is 1.81. The van der Waals surface area contributed by atoms with Crippen LogP contribution in [-0.4, -0.2) is 30.4 Å². The van der Waals surface area contributed by atoms with Gasteiger partial charge in [0.25, 0.3) is 5.91 Å². The monoisotopic (exact) mass is 344 g/mol. The number of aromatic amines is 1. The number of carbonyl (C=O) groups excluding carboxylic acids is 1. The minimum Gasteiger partial charge on any atom is -0.347 e. The third-order valence-corrected chi connectivity index (χ3v) is 3.90. The lowest BCUT2D eigenvalue weighted by molar-refractivity contribution is 0.0946. The van der Waals surface area contributed by atoms with Crippen molar-refractivity contribution in [1.29, 1.82) is 0 Å². The predicted molar refractivity (Wildman–Crippen MR) is 96.6 cm³/mol. The number of hydrogen-bond donors (Lipinski definition) is 2. The molecule has 1 aromatic carbocycles. The summed E-state index contributed by atoms with van der Waals surface area (Å²) in [5.41, 5.74) is 2.30. The van der Waals surface area contributed by atoms with Crippen molar-refractivity contribution in [2.75, 3.05) is 0 Å². The van der Waals surface area contributed by atoms with Gasteiger partial charge in [0.15, 0.2) is 0 Å². The molecule has 0 spiro atoms. The van der Waals surface area contributed by atoms with E-state index in [1.807, 2.05) is 53.2 Å². The van der Waals surface area contributed by atoms with Gasteiger partial charge in [-0.3, -0.25) is 9.36 Å². The van der Waals surface area contributed by atoms with Gasteiger partial charge in [0.05, 0.1) is 6.20 Å². The van der Waals surface area contributed by atoms with Gasteiger partial charge < -0.3 is 10.3 Å². The van der Waals surface area contributed by atoms with E-state index in [-0.39, 0.29) is 5.91 Å². The molecular weight excluding hydrogens is 328 g/mol. The molecular formula is C19H16N6O. The lowest BCUT2D eigenvalue weighted by Crippen LogP contribution is -2.23. The highest BCUT2D eigenvalue weighted by atomic mass is 16.1. The smallest absolute Gasteiger partial charge is 0.269 e. The standard InChI is InChI=1S/C19H16N6O/c26-19(16-12-22-18(24-16)15-4-2-1-3-5-15)23-11-14-6-7-21-17(10-14)25-9-8-20-13-25/h1-10,12-13H,11H2,(H,22,24)(H,23,26). The van der Waals surface area contributed by atoms with Crippen LogP contribution in [0.3, 0.4) is 0 Å². The fourth-order valence-electron chi connectivity index (χ4n) is 2.56. The van der Waals surface area contributed by atoms with Crippen molar-refractivity contribution < 1.29 is 4.79 Å². The number of benzene rings is 1. The predicted octanol–water partition coefficient (Wildman–Crippen LogP) is 2.59. The number of aromatic nitrogens is 5. The Labute approximate surface area is 149 Å². The highest BCUT2D eigenvalue weighted by molar-refractivity contribution is 5.92. The molecule has 4 aromatic rings. The lowest BCUT2D eigenvalue weighted by Gasteiger charge is -2.06. The van der Waals surface area contributed by atoms with Crippen LogP contribution in [0.5, 0.6) is 0 Å². The van der Waals surface area contributed by atoms with E-state index in [2.05, 4.69) is 25.3 Å². The largest absolute Gasteiger partial charge is 0.347 e. The highest BCUT2D eigenvalue weighted by Gasteiger charge is 2.10. The molecule has 0 saturated heterocycles. The molecule has 2 N–H and O–H groups in total. The Morgan fingerprint density at radius 3 is 2.81 bits per heavy atom. The van der Waals surface area contributed by atoms with Crippen LogP contribution in [0.4, 0.5) is 0 Å². The summed E-state index contributed by atoms with van der Waals surface area (Å²) in [5, 5.41) is 2.89. The Morgan fingerprint density at radius 2 is 2.00 bits per heavy atom. The molecule has 0 atom stereocenters. The number of imidazole rings is 2. The van der Waals surface area contributed by atoms with Crippen molar-refractivity contribution in [3.63, 3.8) is 0 Å². The molecule has 0 saturated carbocycles. The maximum Gasteiger partial charge on any atom is 0.269 e. The summed E-state index contributed by atoms with van der Waals surface area (Å²) >= 11 is 0. The van der Waals surface area contributed by atoms with Crippen molar-refractivity contribution in [2.45, 2.75) is 6.54 Å². The lowest BCUT2D eigenvalue weighted by atomic mass is 10.2. The Kier molecular flexibility index (Phi) is 4.26. The van der Waals surface area contributed by atoms with E-state index in [1.165, 1.54) is 0 Å². The zero-order valence-electron chi connectivity index (χ0n) is 13.8. The number of H-pyrrole nitrogens is 1. The number of rotatable bonds is 5. The van der Waals surface area contributed by atoms with Crippen molar-refractivity contribution in [1.82, 2.24) is 29.8 Å². The zero-order valence-corrected chi connectivity index (χ0v) is 13.8. The Balaban J connectivity index is 1.43. The first-order valence-corrected chi connectivity index (χ1v) is 8.11. The van der Waals surface area contributed by atoms with Crippen LogP contribution in [-0.2, 0) is 6.54 Å². The first kappa shape index (κ1) is 15.8. The van der Waals surface area contributed by atoms with Crippen LogP contribution in [0.2, 0.25) is 0 Å². The van der Waals surface area contributed by atoms with Crippen molar-refractivity contribution >= 4 is 5.91 Å². The molecule has 128 valence electrons. The van der Waals surface area contributed by atoms with Gasteiger partial charge in [0, 0.05) is 30.7 Å². The SMILES string of the molecule is O=C(NCc1ccnc(-n2ccnc2)c1)c1cnc(-c2ccccc2)[nH]1. The summed E-state index contributed by atoms with van der Waals surface area (Å²) in [5.74, 6) is 1.21. The van der Waals surface area contributed by atoms with Gasteiger partial charge in [-0.25, -0.2) is 15.0 Å². The van der Waals surface area contributed by atoms with Crippen LogP contribution in [0.25, 0.3) is 17.2 Å². The maximum atomic E-state index is 12.4. The summed E-state index contributed by atoms with van der Waals surface area (Å²) in [6.45, 7) is 0.392. The van der Waals surface area contributed by atoms with E-state index in [4.69, 9.17) is 0 Å². The fourth-order valence-corrected chi connectivity index (χ4v) is 2.56. The molecule has 3 heterocycles. The molecule has 3 aromatic heterocycles. The second-order valence-corrected chi connectivity index (χ2v) is 5.69. The number of carbonyl (C=O) groups is 1. The van der Waals surface area contributed by atoms with Gasteiger partial charge in [0.1, 0.15) is 23.7 Å². The number of hydrogen-bond acceptors (Lipinski definition) is 4. The van der Waals surface area contributed by atoms with Crippen LogP contribution in [0.15, 0.2) is 73.6 Å². The second kappa shape index (κ2) is 7.02. The molecule has 4 rings (SSSR count). The second-order valence-electron chi connectivity index (χ2n) is 5.69. The van der Waals surface area contributed by atoms with E-state index in [0.717, 1.165) is 16.9 Å². The molecule has 0 aliphatic carbocycles. The Hall–Kier alpha value is -3.74. The van der Waals surface area contributed by atoms with Crippen molar-refractivity contribution in [3.8, 4) is 17.2 Å². The van der Waals surface area contributed by atoms with Crippen molar-refractivity contribution in [2.24, 2.45) is 0 Å². The molecule has 0 unspecified atom stereocenters. The van der Waals surface area contributed by atoms with Crippen LogP contribution in [0, 0.1) is 0 Å². The average Bonchev–Trinajstić information content (AvgIpc) is 3.39. The van der Waals surface area contributed by atoms with E-state index >= 15 is 0 Å². The number of amides is 1. The summed E-state index contributed by atoms with van der Waals surface area (Å²) in [7, 11) is 0. The van der Waals surface area contributed by atoms with Gasteiger partial charge in [-0.2, -0.15) is 0 Å². The third-order valence-electron chi connectivity index (χ3n) is 3.90. The molecule has 0 fully saturated rings. The molecule has 0 aliphatic heterocycles. The van der Waals surface area contributed by atoms with E-state index in [0.29, 0.717) is 18.1 Å². The van der Waals surface area contributed by atoms with Crippen LogP contribution < -0.4 is 5.32 Å². The maximum absolute atomic E-state index is 12.4. The third kappa shape index (κ3) is 3.36. The number of nitrogens with zero attached hydrogens (tertiary/aromatic N) is 4. The van der Waals surface area contributed by atoms with E-state index in [1.54, 1.807) is 24.9 Å². The number of nitrogens with one attached hydrogen (secondary N) is 2. The quantitative estimate of drug-likeness (QED) is 0.582. The van der Waals surface area contributed by atoms with Crippen LogP contribution in [0.1, 0.15) is 16.1 Å². The molecule has 0 radical (unpaired) electrons. The summed E-state index contributed by atoms with van der Waals surface area (Å²) in [6.07, 6.45) is 8.45. The normalized spacial score (nSPS) is 10.6. The molecule has 7 nitrogen and oxygen atoms in total. The van der Waals surface area contributed by atoms with Crippen LogP contribution >= 0.6 is 0 Å². The van der Waals surface area contributed by atoms with Gasteiger partial charge in [-0.15, -0.1) is 0 Å². The molecule has 7 heteroatoms. The highest BCUT2D eigenvalue weighted by Crippen LogP contribution is 2.14. The number of pyridine rings is 1. The summed E-state index contributed by atoms with van der Waals surface area (Å²) in [4.78, 5) is 28.0. The Morgan fingerprint density at radius 1 is 1.12 bits per heavy atom. The molecule has 26 heavy (non-hydrogen) atoms. The summed E-state index contributed by atoms with van der Waals surface area (Å²) in [6, 6.07) is 13.4. The van der Waals surface area contributed by atoms with Gasteiger partial charge in [-0.05, 0) is 17.7 Å². The minimum absolute atomic E-state index is 0.208. The van der Waals surface area contributed by atoms with E-state index in [9.17, 15) is 4.79 Å². The topological polar surface area (TPSA) is 88.5 Å². The van der Waals surface area contributed by atoms with Crippen molar-refractivity contribution in [3.05, 3.63) is 84.8 Å². The minimum atomic E-state index is -0.208. The first-order valence-electron chi connectivity index (χ1n) is 8.11. The average molecular weight is 344 g/mol. The van der Waals surface area contributed by atoms with E-state index < -0.39 is 0 Å². The fraction of sp³-hybridized carbons (Fsp3) is 0.0526. The van der Waals surface area contributed by atoms with Gasteiger partial charge in [0.2, 0.25) is 0 Å². The Bertz CT molecular complexity index is 1010. The molecule has 0 aliphatic rings.